The molecule has 1 unspecified atom stereocenters. The molecule has 5 nitrogen and oxygen atoms in total. The van der Waals surface area contributed by atoms with E-state index in [1.165, 1.54) is 0 Å². The van der Waals surface area contributed by atoms with Crippen LogP contribution in [0.3, 0.4) is 0 Å². The quantitative estimate of drug-likeness (QED) is 0.857. The summed E-state index contributed by atoms with van der Waals surface area (Å²) in [5.74, 6) is 0.915. The number of aryl methyl sites for hydroxylation is 2. The minimum absolute atomic E-state index is 0.260. The van der Waals surface area contributed by atoms with Gasteiger partial charge in [-0.1, -0.05) is 11.6 Å². The zero-order valence-electron chi connectivity index (χ0n) is 12.2. The van der Waals surface area contributed by atoms with E-state index in [0.717, 1.165) is 11.4 Å². The summed E-state index contributed by atoms with van der Waals surface area (Å²) in [4.78, 5) is 0.552. The molecule has 0 aliphatic rings. The van der Waals surface area contributed by atoms with Crippen LogP contribution < -0.4 is 10.5 Å². The predicted octanol–water partition coefficient (Wildman–Crippen LogP) is 2.67. The van der Waals surface area contributed by atoms with Gasteiger partial charge in [-0.05, 0) is 32.0 Å². The van der Waals surface area contributed by atoms with E-state index in [0.29, 0.717) is 28.0 Å². The number of hydrogen-bond donors (Lipinski definition) is 1. The fraction of sp³-hybridized carbons (Fsp3) is 0.357. The first kappa shape index (κ1) is 15.9. The molecular formula is C14H18ClN3O2S. The predicted molar refractivity (Wildman–Crippen MR) is 85.1 cm³/mol. The van der Waals surface area contributed by atoms with Gasteiger partial charge in [-0.3, -0.25) is 8.89 Å². The van der Waals surface area contributed by atoms with Gasteiger partial charge in [0.05, 0.1) is 44.5 Å². The molecule has 1 aromatic heterocycles. The van der Waals surface area contributed by atoms with Crippen molar-refractivity contribution in [3.8, 4) is 5.75 Å². The maximum Gasteiger partial charge on any atom is 0.120 e. The Morgan fingerprint density at radius 2 is 2.19 bits per heavy atom. The van der Waals surface area contributed by atoms with Crippen LogP contribution in [0.5, 0.6) is 5.75 Å². The molecule has 0 spiro atoms. The fourth-order valence-electron chi connectivity index (χ4n) is 2.01. The van der Waals surface area contributed by atoms with Crippen LogP contribution in [0, 0.1) is 6.92 Å². The highest BCUT2D eigenvalue weighted by molar-refractivity contribution is 7.84. The number of nitrogens with zero attached hydrogens (tertiary/aromatic N) is 2. The second-order valence-electron chi connectivity index (χ2n) is 4.59. The summed E-state index contributed by atoms with van der Waals surface area (Å²) in [5.41, 5.74) is 7.85. The van der Waals surface area contributed by atoms with Gasteiger partial charge in [0, 0.05) is 12.7 Å². The van der Waals surface area contributed by atoms with Crippen LogP contribution in [-0.4, -0.2) is 20.6 Å². The van der Waals surface area contributed by atoms with E-state index in [2.05, 4.69) is 5.10 Å². The van der Waals surface area contributed by atoms with Crippen LogP contribution in [0.4, 0.5) is 5.69 Å². The highest BCUT2D eigenvalue weighted by Gasteiger charge is 2.17. The number of halogens is 1. The van der Waals surface area contributed by atoms with Gasteiger partial charge in [-0.15, -0.1) is 0 Å². The van der Waals surface area contributed by atoms with Crippen molar-refractivity contribution in [3.05, 3.63) is 34.6 Å². The monoisotopic (exact) mass is 327 g/mol. The third kappa shape index (κ3) is 3.39. The number of aromatic nitrogens is 2. The molecule has 0 aliphatic carbocycles. The summed E-state index contributed by atoms with van der Waals surface area (Å²) in [6.07, 6.45) is 0. The van der Waals surface area contributed by atoms with Crippen molar-refractivity contribution < 1.29 is 8.95 Å². The van der Waals surface area contributed by atoms with Crippen molar-refractivity contribution in [1.29, 1.82) is 0 Å². The molecule has 0 radical (unpaired) electrons. The van der Waals surface area contributed by atoms with Crippen LogP contribution in [0.15, 0.2) is 23.1 Å². The number of hydrogen-bond acceptors (Lipinski definition) is 4. The van der Waals surface area contributed by atoms with E-state index in [9.17, 15) is 4.21 Å². The third-order valence-electron chi connectivity index (χ3n) is 3.07. The Labute approximate surface area is 131 Å². The molecule has 0 saturated heterocycles. The Bertz CT molecular complexity index is 685. The van der Waals surface area contributed by atoms with Crippen LogP contribution in [-0.2, 0) is 23.6 Å². The van der Waals surface area contributed by atoms with E-state index >= 15 is 0 Å². The average Bonchev–Trinajstić information content (AvgIpc) is 2.67. The van der Waals surface area contributed by atoms with E-state index < -0.39 is 10.8 Å². The Kier molecular flexibility index (Phi) is 4.90. The van der Waals surface area contributed by atoms with Crippen molar-refractivity contribution in [2.24, 2.45) is 7.05 Å². The topological polar surface area (TPSA) is 70.1 Å². The van der Waals surface area contributed by atoms with Crippen LogP contribution in [0.2, 0.25) is 5.02 Å². The number of nitrogens with two attached hydrogens (primary N) is 1. The highest BCUT2D eigenvalue weighted by Crippen LogP contribution is 2.27. The standard InChI is InChI=1S/C14H18ClN3O2S/c1-4-20-10-5-6-11(16)13(7-10)21(19)8-12-14(15)9(2)17-18(12)3/h5-7H,4,8,16H2,1-3H3. The molecule has 1 heterocycles. The van der Waals surface area contributed by atoms with Gasteiger partial charge >= 0.3 is 0 Å². The molecule has 0 saturated carbocycles. The number of rotatable bonds is 5. The summed E-state index contributed by atoms with van der Waals surface area (Å²) in [7, 11) is 0.466. The molecule has 114 valence electrons. The largest absolute Gasteiger partial charge is 0.494 e. The summed E-state index contributed by atoms with van der Waals surface area (Å²) in [6, 6.07) is 5.18. The Hall–Kier alpha value is -1.53. The van der Waals surface area contributed by atoms with Crippen molar-refractivity contribution in [2.45, 2.75) is 24.5 Å². The van der Waals surface area contributed by atoms with Gasteiger partial charge in [0.25, 0.3) is 0 Å². The van der Waals surface area contributed by atoms with Gasteiger partial charge in [0.1, 0.15) is 5.75 Å². The smallest absolute Gasteiger partial charge is 0.120 e. The van der Waals surface area contributed by atoms with Crippen LogP contribution in [0.1, 0.15) is 18.3 Å². The number of nitrogen functional groups attached to an aromatic ring is 1. The zero-order chi connectivity index (χ0) is 15.6. The molecule has 21 heavy (non-hydrogen) atoms. The lowest BCUT2D eigenvalue weighted by molar-refractivity contribution is 0.339. The first-order valence-electron chi connectivity index (χ1n) is 6.52. The van der Waals surface area contributed by atoms with Gasteiger partial charge in [0.2, 0.25) is 0 Å². The second kappa shape index (κ2) is 6.49. The highest BCUT2D eigenvalue weighted by atomic mass is 35.5. The number of anilines is 1. The lowest BCUT2D eigenvalue weighted by Gasteiger charge is -2.09. The minimum Gasteiger partial charge on any atom is -0.494 e. The number of ether oxygens (including phenoxy) is 1. The molecule has 1 atom stereocenters. The Balaban J connectivity index is 2.30. The van der Waals surface area contributed by atoms with Crippen molar-refractivity contribution >= 4 is 28.1 Å². The molecule has 0 fully saturated rings. The molecule has 2 rings (SSSR count). The Morgan fingerprint density at radius 3 is 2.76 bits per heavy atom. The number of benzene rings is 1. The molecule has 0 amide bonds. The van der Waals surface area contributed by atoms with Crippen molar-refractivity contribution in [2.75, 3.05) is 12.3 Å². The SMILES string of the molecule is CCOc1ccc(N)c(S(=O)Cc2c(Cl)c(C)nn2C)c1. The summed E-state index contributed by atoms with van der Waals surface area (Å²) >= 11 is 6.19. The van der Waals surface area contributed by atoms with Crippen molar-refractivity contribution in [3.63, 3.8) is 0 Å². The summed E-state index contributed by atoms with van der Waals surface area (Å²) < 4.78 is 19.7. The third-order valence-corrected chi connectivity index (χ3v) is 4.94. The van der Waals surface area contributed by atoms with Gasteiger partial charge in [-0.2, -0.15) is 5.10 Å². The second-order valence-corrected chi connectivity index (χ2v) is 6.39. The fourth-order valence-corrected chi connectivity index (χ4v) is 3.63. The molecule has 2 aromatic rings. The van der Waals surface area contributed by atoms with Crippen molar-refractivity contribution in [1.82, 2.24) is 9.78 Å². The van der Waals surface area contributed by atoms with Gasteiger partial charge in [-0.25, -0.2) is 0 Å². The minimum atomic E-state index is -1.32. The first-order valence-corrected chi connectivity index (χ1v) is 8.22. The van der Waals surface area contributed by atoms with Gasteiger partial charge in [0.15, 0.2) is 0 Å². The van der Waals surface area contributed by atoms with Crippen LogP contribution >= 0.6 is 11.6 Å². The van der Waals surface area contributed by atoms with E-state index in [4.69, 9.17) is 22.1 Å². The summed E-state index contributed by atoms with van der Waals surface area (Å²) in [6.45, 7) is 4.26. The van der Waals surface area contributed by atoms with E-state index in [1.807, 2.05) is 13.8 Å². The maximum atomic E-state index is 12.6. The van der Waals surface area contributed by atoms with Gasteiger partial charge < -0.3 is 10.5 Å². The summed E-state index contributed by atoms with van der Waals surface area (Å²) in [5, 5.41) is 4.77. The zero-order valence-corrected chi connectivity index (χ0v) is 13.8. The molecule has 0 aliphatic heterocycles. The lowest BCUT2D eigenvalue weighted by Crippen LogP contribution is -2.06. The first-order chi connectivity index (χ1) is 9.93. The molecule has 0 bridgehead atoms. The van der Waals surface area contributed by atoms with E-state index in [-0.39, 0.29) is 5.75 Å². The molecule has 1 aromatic carbocycles. The lowest BCUT2D eigenvalue weighted by atomic mass is 10.3. The molecule has 2 N–H and O–H groups in total. The normalized spacial score (nSPS) is 12.4. The Morgan fingerprint density at radius 1 is 1.48 bits per heavy atom. The van der Waals surface area contributed by atoms with E-state index in [1.54, 1.807) is 29.9 Å². The van der Waals surface area contributed by atoms with Crippen LogP contribution in [0.25, 0.3) is 0 Å². The maximum absolute atomic E-state index is 12.6. The molecule has 7 heteroatoms. The average molecular weight is 328 g/mol. The molecular weight excluding hydrogens is 310 g/mol.